The Morgan fingerprint density at radius 1 is 1.13 bits per heavy atom. The number of esters is 1. The standard InChI is InChI=1S/C22H16N2O6S/c23-12-13-6-8-15(9-7-13)30-22-17(20(26)27)24-18(25)16(19(24)31-22)10-11-29-21(28)14-4-2-1-3-5-14/h1-9,16,19H,10-11H2,(H,26,27)/t16-,19?/m0/s1. The van der Waals surface area contributed by atoms with E-state index < -0.39 is 23.2 Å². The number of rotatable bonds is 7. The molecular formula is C22H16N2O6S. The highest BCUT2D eigenvalue weighted by Crippen LogP contribution is 2.50. The van der Waals surface area contributed by atoms with Crippen molar-refractivity contribution in [3.8, 4) is 11.8 Å². The van der Waals surface area contributed by atoms with Crippen molar-refractivity contribution in [2.75, 3.05) is 6.61 Å². The zero-order valence-electron chi connectivity index (χ0n) is 16.1. The summed E-state index contributed by atoms with van der Waals surface area (Å²) in [7, 11) is 0. The van der Waals surface area contributed by atoms with Crippen LogP contribution in [0.5, 0.6) is 5.75 Å². The van der Waals surface area contributed by atoms with Gasteiger partial charge in [-0.1, -0.05) is 30.0 Å². The number of thioether (sulfide) groups is 1. The first-order chi connectivity index (χ1) is 15.0. The lowest BCUT2D eigenvalue weighted by atomic mass is 9.94. The third-order valence-electron chi connectivity index (χ3n) is 4.88. The molecule has 0 saturated carbocycles. The molecule has 1 fully saturated rings. The number of carboxylic acid groups (broad SMARTS) is 1. The van der Waals surface area contributed by atoms with Crippen LogP contribution in [0.4, 0.5) is 0 Å². The summed E-state index contributed by atoms with van der Waals surface area (Å²) >= 11 is 1.14. The summed E-state index contributed by atoms with van der Waals surface area (Å²) in [6, 6.07) is 16.8. The topological polar surface area (TPSA) is 117 Å². The fourth-order valence-corrected chi connectivity index (χ4v) is 4.72. The highest BCUT2D eigenvalue weighted by Gasteiger charge is 2.56. The molecule has 2 heterocycles. The lowest BCUT2D eigenvalue weighted by Crippen LogP contribution is -2.57. The number of hydrogen-bond acceptors (Lipinski definition) is 7. The van der Waals surface area contributed by atoms with E-state index in [9.17, 15) is 19.5 Å². The SMILES string of the molecule is N#Cc1ccc(OC2=C(C(=O)O)N3C(=O)[C@H](CCOC(=O)c4ccccc4)C3S2)cc1. The number of aliphatic carboxylic acids is 1. The smallest absolute Gasteiger partial charge is 0.357 e. The van der Waals surface area contributed by atoms with Crippen molar-refractivity contribution in [3.05, 3.63) is 76.5 Å². The van der Waals surface area contributed by atoms with E-state index in [0.717, 1.165) is 11.8 Å². The van der Waals surface area contributed by atoms with Crippen LogP contribution in [-0.4, -0.2) is 39.8 Å². The van der Waals surface area contributed by atoms with E-state index in [4.69, 9.17) is 14.7 Å². The normalized spacial score (nSPS) is 19.3. The third kappa shape index (κ3) is 3.98. The average molecular weight is 436 g/mol. The molecule has 0 aromatic heterocycles. The molecule has 1 unspecified atom stereocenters. The number of carbonyl (C=O) groups is 3. The van der Waals surface area contributed by atoms with Gasteiger partial charge in [0.25, 0.3) is 0 Å². The molecule has 9 heteroatoms. The van der Waals surface area contributed by atoms with Crippen molar-refractivity contribution >= 4 is 29.6 Å². The lowest BCUT2D eigenvalue weighted by molar-refractivity contribution is -0.152. The van der Waals surface area contributed by atoms with Gasteiger partial charge in [0.2, 0.25) is 5.91 Å². The maximum absolute atomic E-state index is 12.6. The number of carbonyl (C=O) groups excluding carboxylic acids is 2. The van der Waals surface area contributed by atoms with Gasteiger partial charge in [-0.3, -0.25) is 9.69 Å². The Morgan fingerprint density at radius 3 is 2.48 bits per heavy atom. The zero-order chi connectivity index (χ0) is 22.0. The molecule has 0 radical (unpaired) electrons. The molecule has 1 saturated heterocycles. The molecule has 2 aromatic carbocycles. The van der Waals surface area contributed by atoms with Gasteiger partial charge in [-0.05, 0) is 42.8 Å². The fourth-order valence-electron chi connectivity index (χ4n) is 3.33. The van der Waals surface area contributed by atoms with Crippen LogP contribution >= 0.6 is 11.8 Å². The van der Waals surface area contributed by atoms with E-state index in [-0.39, 0.29) is 29.7 Å². The molecule has 2 aliphatic heterocycles. The molecule has 2 aromatic rings. The summed E-state index contributed by atoms with van der Waals surface area (Å²) in [5.41, 5.74) is 0.664. The third-order valence-corrected chi connectivity index (χ3v) is 6.16. The monoisotopic (exact) mass is 436 g/mol. The second-order valence-electron chi connectivity index (χ2n) is 6.79. The Balaban J connectivity index is 1.39. The summed E-state index contributed by atoms with van der Waals surface area (Å²) in [5.74, 6) is -2.20. The van der Waals surface area contributed by atoms with Gasteiger partial charge in [-0.25, -0.2) is 9.59 Å². The molecule has 0 aliphatic carbocycles. The highest BCUT2D eigenvalue weighted by molar-refractivity contribution is 8.03. The van der Waals surface area contributed by atoms with Gasteiger partial charge in [-0.15, -0.1) is 0 Å². The summed E-state index contributed by atoms with van der Waals surface area (Å²) in [6.45, 7) is 0.0449. The minimum atomic E-state index is -1.26. The van der Waals surface area contributed by atoms with Crippen LogP contribution in [0.3, 0.4) is 0 Å². The van der Waals surface area contributed by atoms with Crippen LogP contribution < -0.4 is 4.74 Å². The van der Waals surface area contributed by atoms with Crippen LogP contribution in [0, 0.1) is 17.2 Å². The largest absolute Gasteiger partial charge is 0.476 e. The molecule has 1 N–H and O–H groups in total. The zero-order valence-corrected chi connectivity index (χ0v) is 16.9. The molecule has 2 aliphatic rings. The molecule has 0 bridgehead atoms. The van der Waals surface area contributed by atoms with Crippen molar-refractivity contribution in [1.29, 1.82) is 5.26 Å². The van der Waals surface area contributed by atoms with Crippen molar-refractivity contribution in [2.24, 2.45) is 5.92 Å². The number of β-lactam (4-membered cyclic amide) rings is 1. The first-order valence-corrected chi connectivity index (χ1v) is 10.2. The van der Waals surface area contributed by atoms with Gasteiger partial charge in [0.15, 0.2) is 10.8 Å². The van der Waals surface area contributed by atoms with E-state index in [1.165, 1.54) is 4.90 Å². The Bertz CT molecular complexity index is 1110. The van der Waals surface area contributed by atoms with Gasteiger partial charge in [0.05, 0.1) is 29.7 Å². The van der Waals surface area contributed by atoms with Crippen LogP contribution in [0.25, 0.3) is 0 Å². The Kier molecular flexibility index (Phi) is 5.64. The molecule has 31 heavy (non-hydrogen) atoms. The molecule has 156 valence electrons. The molecular weight excluding hydrogens is 420 g/mol. The summed E-state index contributed by atoms with van der Waals surface area (Å²) in [6.07, 6.45) is 0.280. The van der Waals surface area contributed by atoms with Gasteiger partial charge < -0.3 is 14.6 Å². The Hall–Kier alpha value is -3.77. The first-order valence-electron chi connectivity index (χ1n) is 9.37. The van der Waals surface area contributed by atoms with E-state index in [2.05, 4.69) is 0 Å². The summed E-state index contributed by atoms with van der Waals surface area (Å²) in [4.78, 5) is 37.6. The second kappa shape index (κ2) is 8.53. The second-order valence-corrected chi connectivity index (χ2v) is 7.88. The predicted octanol–water partition coefficient (Wildman–Crippen LogP) is 2.97. The maximum Gasteiger partial charge on any atom is 0.357 e. The van der Waals surface area contributed by atoms with E-state index >= 15 is 0 Å². The Morgan fingerprint density at radius 2 is 1.84 bits per heavy atom. The van der Waals surface area contributed by atoms with Crippen molar-refractivity contribution in [3.63, 3.8) is 0 Å². The number of nitriles is 1. The predicted molar refractivity (Wildman–Crippen MR) is 110 cm³/mol. The van der Waals surface area contributed by atoms with E-state index in [0.29, 0.717) is 16.9 Å². The van der Waals surface area contributed by atoms with Gasteiger partial charge in [0.1, 0.15) is 11.1 Å². The quantitative estimate of drug-likeness (QED) is 0.520. The molecule has 8 nitrogen and oxygen atoms in total. The summed E-state index contributed by atoms with van der Waals surface area (Å²) < 4.78 is 10.9. The fraction of sp³-hybridized carbons (Fsp3) is 0.182. The van der Waals surface area contributed by atoms with E-state index in [1.54, 1.807) is 54.6 Å². The number of nitrogens with zero attached hydrogens (tertiary/aromatic N) is 2. The van der Waals surface area contributed by atoms with Crippen LogP contribution in [-0.2, 0) is 14.3 Å². The van der Waals surface area contributed by atoms with Gasteiger partial charge in [0, 0.05) is 0 Å². The highest BCUT2D eigenvalue weighted by atomic mass is 32.2. The van der Waals surface area contributed by atoms with Crippen molar-refractivity contribution in [1.82, 2.24) is 4.90 Å². The van der Waals surface area contributed by atoms with Crippen LogP contribution in [0.15, 0.2) is 65.4 Å². The van der Waals surface area contributed by atoms with Crippen molar-refractivity contribution < 1.29 is 29.0 Å². The molecule has 2 atom stereocenters. The Labute approximate surface area is 181 Å². The van der Waals surface area contributed by atoms with E-state index in [1.807, 2.05) is 6.07 Å². The molecule has 1 amide bonds. The minimum absolute atomic E-state index is 0.0449. The maximum atomic E-state index is 12.6. The average Bonchev–Trinajstić information content (AvgIpc) is 3.12. The molecule has 0 spiro atoms. The van der Waals surface area contributed by atoms with Crippen molar-refractivity contribution in [2.45, 2.75) is 11.8 Å². The minimum Gasteiger partial charge on any atom is -0.476 e. The number of carboxylic acids is 1. The lowest BCUT2D eigenvalue weighted by Gasteiger charge is -2.41. The van der Waals surface area contributed by atoms with Gasteiger partial charge in [-0.2, -0.15) is 5.26 Å². The van der Waals surface area contributed by atoms with Crippen LogP contribution in [0.1, 0.15) is 22.3 Å². The first kappa shape index (κ1) is 20.5. The van der Waals surface area contributed by atoms with Crippen LogP contribution in [0.2, 0.25) is 0 Å². The number of benzene rings is 2. The molecule has 4 rings (SSSR count). The van der Waals surface area contributed by atoms with Gasteiger partial charge >= 0.3 is 11.9 Å². The number of amides is 1. The number of ether oxygens (including phenoxy) is 2. The summed E-state index contributed by atoms with van der Waals surface area (Å²) in [5, 5.41) is 18.1. The number of hydrogen-bond donors (Lipinski definition) is 1. The number of fused-ring (bicyclic) bond motifs is 1.